The maximum Gasteiger partial charge on any atom is 0.220 e. The molecule has 1 amide bonds. The highest BCUT2D eigenvalue weighted by molar-refractivity contribution is 5.75. The van der Waals surface area contributed by atoms with Crippen LogP contribution in [0.1, 0.15) is 33.1 Å². The molecule has 15 heavy (non-hydrogen) atoms. The SMILES string of the molecule is CC(C)C(CCN)CCC(=O)NCCO. The van der Waals surface area contributed by atoms with Gasteiger partial charge in [0.2, 0.25) is 5.91 Å². The van der Waals surface area contributed by atoms with Crippen molar-refractivity contribution in [1.82, 2.24) is 5.32 Å². The molecular formula is C11H24N2O2. The largest absolute Gasteiger partial charge is 0.395 e. The molecule has 4 N–H and O–H groups in total. The minimum Gasteiger partial charge on any atom is -0.395 e. The van der Waals surface area contributed by atoms with Gasteiger partial charge in [-0.15, -0.1) is 0 Å². The van der Waals surface area contributed by atoms with Gasteiger partial charge in [0.25, 0.3) is 0 Å². The average Bonchev–Trinajstić information content (AvgIpc) is 2.20. The van der Waals surface area contributed by atoms with Crippen LogP contribution < -0.4 is 11.1 Å². The Morgan fingerprint density at radius 1 is 1.40 bits per heavy atom. The molecule has 0 aliphatic carbocycles. The number of nitrogens with one attached hydrogen (secondary N) is 1. The van der Waals surface area contributed by atoms with Gasteiger partial charge < -0.3 is 16.2 Å². The molecule has 4 heteroatoms. The minimum atomic E-state index is 0.00213. The van der Waals surface area contributed by atoms with Gasteiger partial charge in [0.15, 0.2) is 0 Å². The second-order valence-electron chi connectivity index (χ2n) is 4.19. The average molecular weight is 216 g/mol. The van der Waals surface area contributed by atoms with Crippen LogP contribution in [0.25, 0.3) is 0 Å². The molecule has 4 nitrogen and oxygen atoms in total. The predicted molar refractivity (Wildman–Crippen MR) is 61.3 cm³/mol. The molecule has 0 spiro atoms. The smallest absolute Gasteiger partial charge is 0.220 e. The fourth-order valence-corrected chi connectivity index (χ4v) is 1.63. The zero-order valence-corrected chi connectivity index (χ0v) is 9.83. The second-order valence-corrected chi connectivity index (χ2v) is 4.19. The number of carbonyl (C=O) groups is 1. The first kappa shape index (κ1) is 14.4. The second kappa shape index (κ2) is 8.68. The summed E-state index contributed by atoms with van der Waals surface area (Å²) in [5.41, 5.74) is 5.52. The lowest BCUT2D eigenvalue weighted by molar-refractivity contribution is -0.121. The maximum atomic E-state index is 11.3. The molecule has 0 aliphatic rings. The summed E-state index contributed by atoms with van der Waals surface area (Å²) in [6.07, 6.45) is 2.39. The van der Waals surface area contributed by atoms with Crippen LogP contribution in [0, 0.1) is 11.8 Å². The Morgan fingerprint density at radius 2 is 2.07 bits per heavy atom. The molecule has 0 rings (SSSR count). The lowest BCUT2D eigenvalue weighted by Crippen LogP contribution is -2.27. The number of amides is 1. The molecule has 0 aliphatic heterocycles. The van der Waals surface area contributed by atoms with Crippen molar-refractivity contribution >= 4 is 5.91 Å². The van der Waals surface area contributed by atoms with Gasteiger partial charge in [0.1, 0.15) is 0 Å². The fraction of sp³-hybridized carbons (Fsp3) is 0.909. The molecule has 0 aromatic heterocycles. The molecule has 1 unspecified atom stereocenters. The Morgan fingerprint density at radius 3 is 2.53 bits per heavy atom. The van der Waals surface area contributed by atoms with Gasteiger partial charge in [-0.1, -0.05) is 13.8 Å². The summed E-state index contributed by atoms with van der Waals surface area (Å²) in [7, 11) is 0. The summed E-state index contributed by atoms with van der Waals surface area (Å²) in [5.74, 6) is 1.11. The highest BCUT2D eigenvalue weighted by atomic mass is 16.3. The Kier molecular flexibility index (Phi) is 8.33. The molecule has 0 heterocycles. The van der Waals surface area contributed by atoms with Gasteiger partial charge in [0.05, 0.1) is 6.61 Å². The van der Waals surface area contributed by atoms with E-state index in [1.165, 1.54) is 0 Å². The Labute approximate surface area is 92.2 Å². The third-order valence-electron chi connectivity index (χ3n) is 2.66. The van der Waals surface area contributed by atoms with Crippen molar-refractivity contribution < 1.29 is 9.90 Å². The van der Waals surface area contributed by atoms with E-state index >= 15 is 0 Å². The highest BCUT2D eigenvalue weighted by Gasteiger charge is 2.13. The van der Waals surface area contributed by atoms with Gasteiger partial charge >= 0.3 is 0 Å². The van der Waals surface area contributed by atoms with Crippen LogP contribution in [0.2, 0.25) is 0 Å². The van der Waals surface area contributed by atoms with Crippen LogP contribution >= 0.6 is 0 Å². The van der Waals surface area contributed by atoms with Crippen molar-refractivity contribution in [1.29, 1.82) is 0 Å². The zero-order chi connectivity index (χ0) is 11.7. The van der Waals surface area contributed by atoms with Crippen molar-refractivity contribution in [2.45, 2.75) is 33.1 Å². The first-order chi connectivity index (χ1) is 7.11. The van der Waals surface area contributed by atoms with Crippen LogP contribution in [0.4, 0.5) is 0 Å². The van der Waals surface area contributed by atoms with E-state index in [-0.39, 0.29) is 12.5 Å². The van der Waals surface area contributed by atoms with Crippen molar-refractivity contribution in [2.24, 2.45) is 17.6 Å². The number of aliphatic hydroxyl groups excluding tert-OH is 1. The summed E-state index contributed by atoms with van der Waals surface area (Å²) in [5, 5.41) is 11.2. The van der Waals surface area contributed by atoms with E-state index in [9.17, 15) is 4.79 Å². The lowest BCUT2D eigenvalue weighted by Gasteiger charge is -2.19. The number of aliphatic hydroxyl groups is 1. The van der Waals surface area contributed by atoms with Crippen LogP contribution in [-0.4, -0.2) is 30.7 Å². The summed E-state index contributed by atoms with van der Waals surface area (Å²) in [6, 6.07) is 0. The van der Waals surface area contributed by atoms with E-state index in [4.69, 9.17) is 10.8 Å². The van der Waals surface area contributed by atoms with E-state index < -0.39 is 0 Å². The van der Waals surface area contributed by atoms with Crippen molar-refractivity contribution in [3.05, 3.63) is 0 Å². The lowest BCUT2D eigenvalue weighted by atomic mass is 9.88. The Bertz CT molecular complexity index is 172. The molecular weight excluding hydrogens is 192 g/mol. The molecule has 0 fully saturated rings. The molecule has 0 saturated heterocycles. The van der Waals surface area contributed by atoms with E-state index in [1.54, 1.807) is 0 Å². The van der Waals surface area contributed by atoms with E-state index in [0.717, 1.165) is 12.8 Å². The van der Waals surface area contributed by atoms with Gasteiger partial charge in [0, 0.05) is 13.0 Å². The van der Waals surface area contributed by atoms with Crippen LogP contribution in [-0.2, 0) is 4.79 Å². The number of rotatable bonds is 8. The molecule has 0 aromatic rings. The number of hydrogen-bond donors (Lipinski definition) is 3. The van der Waals surface area contributed by atoms with Crippen LogP contribution in [0.5, 0.6) is 0 Å². The maximum absolute atomic E-state index is 11.3. The van der Waals surface area contributed by atoms with Crippen molar-refractivity contribution in [3.63, 3.8) is 0 Å². The van der Waals surface area contributed by atoms with Crippen LogP contribution in [0.3, 0.4) is 0 Å². The van der Waals surface area contributed by atoms with Gasteiger partial charge in [-0.3, -0.25) is 4.79 Å². The third kappa shape index (κ3) is 7.33. The van der Waals surface area contributed by atoms with E-state index in [0.29, 0.717) is 31.3 Å². The fourth-order valence-electron chi connectivity index (χ4n) is 1.63. The molecule has 1 atom stereocenters. The highest BCUT2D eigenvalue weighted by Crippen LogP contribution is 2.20. The third-order valence-corrected chi connectivity index (χ3v) is 2.66. The van der Waals surface area contributed by atoms with Gasteiger partial charge in [-0.2, -0.15) is 0 Å². The predicted octanol–water partition coefficient (Wildman–Crippen LogP) is 0.496. The monoisotopic (exact) mass is 216 g/mol. The van der Waals surface area contributed by atoms with Crippen molar-refractivity contribution in [2.75, 3.05) is 19.7 Å². The summed E-state index contributed by atoms with van der Waals surface area (Å²) in [6.45, 7) is 5.35. The standard InChI is InChI=1S/C11H24N2O2/c1-9(2)10(5-6-12)3-4-11(15)13-7-8-14/h9-10,14H,3-8,12H2,1-2H3,(H,13,15). The molecule has 90 valence electrons. The number of hydrogen-bond acceptors (Lipinski definition) is 3. The van der Waals surface area contributed by atoms with Gasteiger partial charge in [-0.25, -0.2) is 0 Å². The van der Waals surface area contributed by atoms with Crippen molar-refractivity contribution in [3.8, 4) is 0 Å². The normalized spacial score (nSPS) is 12.9. The number of nitrogens with two attached hydrogens (primary N) is 1. The van der Waals surface area contributed by atoms with E-state index in [1.807, 2.05) is 0 Å². The minimum absolute atomic E-state index is 0.00213. The Balaban J connectivity index is 3.73. The number of carbonyl (C=O) groups excluding carboxylic acids is 1. The molecule has 0 radical (unpaired) electrons. The topological polar surface area (TPSA) is 75.4 Å². The Hall–Kier alpha value is -0.610. The summed E-state index contributed by atoms with van der Waals surface area (Å²) in [4.78, 5) is 11.3. The molecule has 0 aromatic carbocycles. The summed E-state index contributed by atoms with van der Waals surface area (Å²) >= 11 is 0. The van der Waals surface area contributed by atoms with Gasteiger partial charge in [-0.05, 0) is 31.2 Å². The summed E-state index contributed by atoms with van der Waals surface area (Å²) < 4.78 is 0. The first-order valence-corrected chi connectivity index (χ1v) is 5.69. The van der Waals surface area contributed by atoms with Crippen LogP contribution in [0.15, 0.2) is 0 Å². The zero-order valence-electron chi connectivity index (χ0n) is 9.83. The quantitative estimate of drug-likeness (QED) is 0.553. The molecule has 0 saturated carbocycles. The first-order valence-electron chi connectivity index (χ1n) is 5.69. The van der Waals surface area contributed by atoms with E-state index in [2.05, 4.69) is 19.2 Å². The molecule has 0 bridgehead atoms.